The van der Waals surface area contributed by atoms with Gasteiger partial charge in [0.05, 0.1) is 0 Å². The molecule has 0 spiro atoms. The molecule has 2 aliphatic carbocycles. The molecule has 3 atom stereocenters. The monoisotopic (exact) mass is 246 g/mol. The first-order valence-corrected chi connectivity index (χ1v) is 7.83. The molecule has 18 heavy (non-hydrogen) atoms. The van der Waals surface area contributed by atoms with E-state index in [1.165, 1.54) is 12.8 Å². The van der Waals surface area contributed by atoms with Crippen molar-refractivity contribution in [1.29, 1.82) is 0 Å². The smallest absolute Gasteiger partial charge is 0.0131 e. The fourth-order valence-corrected chi connectivity index (χ4v) is 3.77. The lowest BCUT2D eigenvalue weighted by Crippen LogP contribution is -2.18. The predicted molar refractivity (Wildman–Crippen MR) is 80.4 cm³/mol. The minimum absolute atomic E-state index is 0.679. The van der Waals surface area contributed by atoms with Crippen LogP contribution >= 0.6 is 0 Å². The maximum Gasteiger partial charge on any atom is -0.0131 e. The van der Waals surface area contributed by atoms with Crippen molar-refractivity contribution in [2.75, 3.05) is 0 Å². The average molecular weight is 246 g/mol. The van der Waals surface area contributed by atoms with Crippen molar-refractivity contribution in [2.45, 2.75) is 54.4 Å². The van der Waals surface area contributed by atoms with Gasteiger partial charge in [0.2, 0.25) is 0 Å². The van der Waals surface area contributed by atoms with Crippen LogP contribution in [-0.2, 0) is 0 Å². The largest absolute Gasteiger partial charge is 0.0773 e. The topological polar surface area (TPSA) is 0 Å². The third kappa shape index (κ3) is 2.58. The Kier molecular flexibility index (Phi) is 4.04. The van der Waals surface area contributed by atoms with E-state index in [-0.39, 0.29) is 0 Å². The summed E-state index contributed by atoms with van der Waals surface area (Å²) in [5, 5.41) is 0. The minimum Gasteiger partial charge on any atom is -0.0773 e. The summed E-state index contributed by atoms with van der Waals surface area (Å²) < 4.78 is 0. The zero-order valence-electron chi connectivity index (χ0n) is 13.0. The summed E-state index contributed by atoms with van der Waals surface area (Å²) in [7, 11) is 0. The summed E-state index contributed by atoms with van der Waals surface area (Å²) in [6.07, 6.45) is 7.97. The van der Waals surface area contributed by atoms with Crippen LogP contribution in [0.5, 0.6) is 0 Å². The van der Waals surface area contributed by atoms with Crippen LogP contribution in [0.15, 0.2) is 23.3 Å². The number of rotatable bonds is 3. The molecule has 1 saturated carbocycles. The van der Waals surface area contributed by atoms with Crippen LogP contribution in [0.1, 0.15) is 54.4 Å². The number of allylic oxidation sites excluding steroid dienone is 4. The Labute approximate surface area is 114 Å². The highest BCUT2D eigenvalue weighted by Gasteiger charge is 2.38. The van der Waals surface area contributed by atoms with Gasteiger partial charge in [-0.15, -0.1) is 0 Å². The Morgan fingerprint density at radius 1 is 0.944 bits per heavy atom. The quantitative estimate of drug-likeness (QED) is 0.620. The van der Waals surface area contributed by atoms with Crippen LogP contribution in [0, 0.1) is 35.5 Å². The molecule has 0 heterocycles. The van der Waals surface area contributed by atoms with Crippen molar-refractivity contribution in [3.05, 3.63) is 23.3 Å². The number of hydrogen-bond acceptors (Lipinski definition) is 0. The van der Waals surface area contributed by atoms with Crippen molar-refractivity contribution in [1.82, 2.24) is 0 Å². The maximum absolute atomic E-state index is 2.60. The SMILES string of the molecule is CC(C)C1=CC2CC(C(C)C)CC2C(C(C)C)=C1. The van der Waals surface area contributed by atoms with Crippen LogP contribution in [0.2, 0.25) is 0 Å². The summed E-state index contributed by atoms with van der Waals surface area (Å²) in [5.41, 5.74) is 3.32. The second-order valence-electron chi connectivity index (χ2n) is 7.37. The van der Waals surface area contributed by atoms with E-state index in [0.717, 1.165) is 23.7 Å². The van der Waals surface area contributed by atoms with E-state index < -0.39 is 0 Å². The highest BCUT2D eigenvalue weighted by molar-refractivity contribution is 5.35. The molecule has 0 aliphatic heterocycles. The van der Waals surface area contributed by atoms with Gasteiger partial charge in [0.25, 0.3) is 0 Å². The van der Waals surface area contributed by atoms with Gasteiger partial charge in [-0.25, -0.2) is 0 Å². The van der Waals surface area contributed by atoms with Crippen LogP contribution in [0.25, 0.3) is 0 Å². The molecule has 0 saturated heterocycles. The van der Waals surface area contributed by atoms with Gasteiger partial charge in [0.1, 0.15) is 0 Å². The molecule has 0 N–H and O–H groups in total. The molecule has 0 amide bonds. The molecule has 0 aromatic carbocycles. The molecule has 2 rings (SSSR count). The molecular weight excluding hydrogens is 216 g/mol. The fraction of sp³-hybridized carbons (Fsp3) is 0.778. The highest BCUT2D eigenvalue weighted by atomic mass is 14.4. The Morgan fingerprint density at radius 3 is 2.11 bits per heavy atom. The number of fused-ring (bicyclic) bond motifs is 1. The molecule has 102 valence electrons. The first kappa shape index (κ1) is 13.9. The molecule has 1 fully saturated rings. The summed E-state index contributed by atoms with van der Waals surface area (Å²) in [5.74, 6) is 4.85. The van der Waals surface area contributed by atoms with Gasteiger partial charge in [0, 0.05) is 0 Å². The van der Waals surface area contributed by atoms with Crippen molar-refractivity contribution in [3.63, 3.8) is 0 Å². The molecule has 0 bridgehead atoms. The van der Waals surface area contributed by atoms with Crippen LogP contribution < -0.4 is 0 Å². The molecule has 3 unspecified atom stereocenters. The van der Waals surface area contributed by atoms with Crippen molar-refractivity contribution >= 4 is 0 Å². The van der Waals surface area contributed by atoms with Crippen molar-refractivity contribution in [3.8, 4) is 0 Å². The Hall–Kier alpha value is -0.520. The predicted octanol–water partition coefficient (Wildman–Crippen LogP) is 5.46. The van der Waals surface area contributed by atoms with Gasteiger partial charge in [-0.3, -0.25) is 0 Å². The maximum atomic E-state index is 2.60. The van der Waals surface area contributed by atoms with Gasteiger partial charge in [-0.1, -0.05) is 59.3 Å². The normalized spacial score (nSPS) is 31.9. The second kappa shape index (κ2) is 5.23. The minimum atomic E-state index is 0.679. The Balaban J connectivity index is 2.27. The summed E-state index contributed by atoms with van der Waals surface area (Å²) >= 11 is 0. The molecule has 2 aliphatic rings. The zero-order chi connectivity index (χ0) is 13.4. The molecule has 0 nitrogen and oxygen atoms in total. The average Bonchev–Trinajstić information content (AvgIpc) is 2.70. The van der Waals surface area contributed by atoms with Crippen LogP contribution in [0.3, 0.4) is 0 Å². The van der Waals surface area contributed by atoms with Crippen molar-refractivity contribution in [2.24, 2.45) is 35.5 Å². The fourth-order valence-electron chi connectivity index (χ4n) is 3.77. The standard InChI is InChI=1S/C18H30/c1-11(2)14-7-16-8-15(12(3)4)10-18(16)17(9-14)13(5)6/h7,9,11-13,15-16,18H,8,10H2,1-6H3. The van der Waals surface area contributed by atoms with Gasteiger partial charge in [0.15, 0.2) is 0 Å². The summed E-state index contributed by atoms with van der Waals surface area (Å²) in [4.78, 5) is 0. The molecule has 0 radical (unpaired) electrons. The molecule has 0 aromatic rings. The Morgan fingerprint density at radius 2 is 1.61 bits per heavy atom. The molecule has 0 heteroatoms. The van der Waals surface area contributed by atoms with E-state index in [1.807, 2.05) is 0 Å². The van der Waals surface area contributed by atoms with E-state index in [0.29, 0.717) is 11.8 Å². The number of hydrogen-bond donors (Lipinski definition) is 0. The third-order valence-corrected chi connectivity index (χ3v) is 5.09. The highest BCUT2D eigenvalue weighted by Crippen LogP contribution is 2.49. The van der Waals surface area contributed by atoms with Crippen molar-refractivity contribution < 1.29 is 0 Å². The Bertz CT molecular complexity index is 354. The molecular formula is C18H30. The first-order chi connectivity index (χ1) is 8.40. The van der Waals surface area contributed by atoms with E-state index >= 15 is 0 Å². The lowest BCUT2D eigenvalue weighted by molar-refractivity contribution is 0.382. The van der Waals surface area contributed by atoms with Gasteiger partial charge in [-0.05, 0) is 53.9 Å². The lowest BCUT2D eigenvalue weighted by atomic mass is 9.76. The lowest BCUT2D eigenvalue weighted by Gasteiger charge is -2.29. The van der Waals surface area contributed by atoms with E-state index in [1.54, 1.807) is 11.1 Å². The van der Waals surface area contributed by atoms with Crippen LogP contribution in [0.4, 0.5) is 0 Å². The van der Waals surface area contributed by atoms with E-state index in [9.17, 15) is 0 Å². The summed E-state index contributed by atoms with van der Waals surface area (Å²) in [6, 6.07) is 0. The first-order valence-electron chi connectivity index (χ1n) is 7.83. The summed E-state index contributed by atoms with van der Waals surface area (Å²) in [6.45, 7) is 14.2. The molecule has 0 aromatic heterocycles. The third-order valence-electron chi connectivity index (χ3n) is 5.09. The zero-order valence-corrected chi connectivity index (χ0v) is 13.0. The van der Waals surface area contributed by atoms with Crippen LogP contribution in [-0.4, -0.2) is 0 Å². The second-order valence-corrected chi connectivity index (χ2v) is 7.37. The van der Waals surface area contributed by atoms with E-state index in [4.69, 9.17) is 0 Å². The van der Waals surface area contributed by atoms with Gasteiger partial charge >= 0.3 is 0 Å². The van der Waals surface area contributed by atoms with Gasteiger partial charge in [-0.2, -0.15) is 0 Å². The van der Waals surface area contributed by atoms with E-state index in [2.05, 4.69) is 53.7 Å². The van der Waals surface area contributed by atoms with Gasteiger partial charge < -0.3 is 0 Å².